The van der Waals surface area contributed by atoms with Crippen LogP contribution in [0.4, 0.5) is 20.2 Å². The quantitative estimate of drug-likeness (QED) is 0.238. The van der Waals surface area contributed by atoms with E-state index in [1.54, 1.807) is 12.1 Å². The number of H-pyrrole nitrogens is 1. The molecule has 0 saturated heterocycles. The van der Waals surface area contributed by atoms with Crippen molar-refractivity contribution in [3.8, 4) is 28.5 Å². The zero-order chi connectivity index (χ0) is 24.9. The fourth-order valence-electron chi connectivity index (χ4n) is 3.15. The number of carbonyl (C=O) groups is 1. The van der Waals surface area contributed by atoms with Crippen molar-refractivity contribution in [3.63, 3.8) is 0 Å². The molecule has 4 aromatic rings. The summed E-state index contributed by atoms with van der Waals surface area (Å²) in [6.45, 7) is -1.01. The Labute approximate surface area is 197 Å². The van der Waals surface area contributed by atoms with Gasteiger partial charge in [-0.05, 0) is 49.4 Å². The molecule has 0 spiro atoms. The second-order valence-electron chi connectivity index (χ2n) is 7.41. The highest BCUT2D eigenvalue weighted by molar-refractivity contribution is 6.03. The average molecular weight is 480 g/mol. The first-order chi connectivity index (χ1) is 16.8. The molecule has 2 N–H and O–H groups in total. The Morgan fingerprint density at radius 3 is 2.34 bits per heavy atom. The van der Waals surface area contributed by atoms with Crippen LogP contribution in [-0.4, -0.2) is 27.6 Å². The summed E-state index contributed by atoms with van der Waals surface area (Å²) in [6, 6.07) is 18.3. The molecule has 0 aliphatic carbocycles. The third kappa shape index (κ3) is 5.96. The SMILES string of the molecule is Cc1ccc(Oc2cc(NC(=O)c3cc(-c4ccc(OC(F)F)cc4)n[nH]3)cc([N+](=O)[O-])c2)cc1. The van der Waals surface area contributed by atoms with Gasteiger partial charge in [-0.1, -0.05) is 17.7 Å². The molecule has 1 amide bonds. The Morgan fingerprint density at radius 2 is 1.69 bits per heavy atom. The Balaban J connectivity index is 1.51. The summed E-state index contributed by atoms with van der Waals surface area (Å²) in [6.07, 6.45) is 0. The summed E-state index contributed by atoms with van der Waals surface area (Å²) in [7, 11) is 0. The number of carbonyl (C=O) groups excluding carboxylic acids is 1. The summed E-state index contributed by atoms with van der Waals surface area (Å²) in [5.41, 5.74) is 1.95. The number of benzene rings is 3. The molecule has 178 valence electrons. The second-order valence-corrected chi connectivity index (χ2v) is 7.41. The van der Waals surface area contributed by atoms with Crippen molar-refractivity contribution >= 4 is 17.3 Å². The van der Waals surface area contributed by atoms with E-state index in [1.807, 2.05) is 19.1 Å². The van der Waals surface area contributed by atoms with E-state index < -0.39 is 17.4 Å². The Bertz CT molecular complexity index is 1360. The Morgan fingerprint density at radius 1 is 1.00 bits per heavy atom. The van der Waals surface area contributed by atoms with Gasteiger partial charge in [0, 0.05) is 17.7 Å². The Hall–Kier alpha value is -4.80. The summed E-state index contributed by atoms with van der Waals surface area (Å²) in [5, 5.41) is 20.6. The summed E-state index contributed by atoms with van der Waals surface area (Å²) in [4.78, 5) is 23.5. The number of alkyl halides is 2. The molecular weight excluding hydrogens is 462 g/mol. The van der Waals surface area contributed by atoms with Crippen molar-refractivity contribution in [2.24, 2.45) is 0 Å². The van der Waals surface area contributed by atoms with E-state index in [2.05, 4.69) is 20.3 Å². The smallest absolute Gasteiger partial charge is 0.387 e. The summed E-state index contributed by atoms with van der Waals surface area (Å²) in [5.74, 6) is 0.0566. The molecule has 9 nitrogen and oxygen atoms in total. The van der Waals surface area contributed by atoms with Gasteiger partial charge >= 0.3 is 6.61 Å². The van der Waals surface area contributed by atoms with Crippen LogP contribution >= 0.6 is 0 Å². The highest BCUT2D eigenvalue weighted by Crippen LogP contribution is 2.30. The van der Waals surface area contributed by atoms with Crippen molar-refractivity contribution in [3.05, 3.63) is 94.2 Å². The number of nitrogens with one attached hydrogen (secondary N) is 2. The number of ether oxygens (including phenoxy) is 2. The topological polar surface area (TPSA) is 119 Å². The molecule has 0 fully saturated rings. The van der Waals surface area contributed by atoms with E-state index in [4.69, 9.17) is 4.74 Å². The molecule has 1 heterocycles. The van der Waals surface area contributed by atoms with Crippen molar-refractivity contribution in [1.82, 2.24) is 10.2 Å². The molecule has 0 saturated carbocycles. The first-order valence-electron chi connectivity index (χ1n) is 10.2. The lowest BCUT2D eigenvalue weighted by molar-refractivity contribution is -0.384. The number of non-ortho nitro benzene ring substituents is 1. The third-order valence-corrected chi connectivity index (χ3v) is 4.81. The molecule has 35 heavy (non-hydrogen) atoms. The molecule has 0 aliphatic heterocycles. The zero-order valence-corrected chi connectivity index (χ0v) is 18.2. The lowest BCUT2D eigenvalue weighted by atomic mass is 10.1. The molecule has 0 unspecified atom stereocenters. The van der Waals surface area contributed by atoms with Crippen LogP contribution in [0.15, 0.2) is 72.8 Å². The number of hydrogen-bond acceptors (Lipinski definition) is 6. The lowest BCUT2D eigenvalue weighted by Gasteiger charge is -2.09. The number of anilines is 1. The number of aromatic amines is 1. The highest BCUT2D eigenvalue weighted by Gasteiger charge is 2.16. The lowest BCUT2D eigenvalue weighted by Crippen LogP contribution is -2.12. The predicted octanol–water partition coefficient (Wildman–Crippen LogP) is 5.94. The van der Waals surface area contributed by atoms with Crippen LogP contribution in [0, 0.1) is 17.0 Å². The maximum atomic E-state index is 12.7. The van der Waals surface area contributed by atoms with Crippen LogP contribution in [0.5, 0.6) is 17.2 Å². The Kier molecular flexibility index (Phi) is 6.67. The largest absolute Gasteiger partial charge is 0.457 e. The standard InChI is InChI=1S/C24H18F2N4O5/c1-14-2-6-18(7-3-14)34-20-11-16(10-17(12-20)30(32)33)27-23(31)22-13-21(28-29-22)15-4-8-19(9-5-15)35-24(25)26/h2-13,24H,1H3,(H,27,31)(H,28,29). The molecule has 1 aromatic heterocycles. The molecule has 0 bridgehead atoms. The molecule has 0 atom stereocenters. The van der Waals surface area contributed by atoms with Crippen LogP contribution in [-0.2, 0) is 0 Å². The fraction of sp³-hybridized carbons (Fsp3) is 0.0833. The monoisotopic (exact) mass is 480 g/mol. The molecular formula is C24H18F2N4O5. The van der Waals surface area contributed by atoms with Crippen LogP contribution < -0.4 is 14.8 Å². The van der Waals surface area contributed by atoms with E-state index >= 15 is 0 Å². The van der Waals surface area contributed by atoms with Crippen molar-refractivity contribution < 1.29 is 28.0 Å². The van der Waals surface area contributed by atoms with Gasteiger partial charge in [-0.15, -0.1) is 0 Å². The molecule has 0 radical (unpaired) electrons. The van der Waals surface area contributed by atoms with Gasteiger partial charge in [0.2, 0.25) is 0 Å². The normalized spacial score (nSPS) is 10.7. The number of nitrogens with zero attached hydrogens (tertiary/aromatic N) is 2. The highest BCUT2D eigenvalue weighted by atomic mass is 19.3. The maximum Gasteiger partial charge on any atom is 0.387 e. The number of nitro groups is 1. The average Bonchev–Trinajstić information content (AvgIpc) is 3.31. The van der Waals surface area contributed by atoms with Gasteiger partial charge in [0.1, 0.15) is 22.9 Å². The van der Waals surface area contributed by atoms with Gasteiger partial charge in [-0.25, -0.2) is 0 Å². The van der Waals surface area contributed by atoms with Crippen molar-refractivity contribution in [1.29, 1.82) is 0 Å². The summed E-state index contributed by atoms with van der Waals surface area (Å²) < 4.78 is 34.6. The van der Waals surface area contributed by atoms with Crippen LogP contribution in [0.2, 0.25) is 0 Å². The van der Waals surface area contributed by atoms with Crippen LogP contribution in [0.1, 0.15) is 16.1 Å². The number of rotatable bonds is 8. The minimum Gasteiger partial charge on any atom is -0.457 e. The van der Waals surface area contributed by atoms with E-state index in [-0.39, 0.29) is 28.6 Å². The van der Waals surface area contributed by atoms with Crippen LogP contribution in [0.3, 0.4) is 0 Å². The van der Waals surface area contributed by atoms with E-state index in [9.17, 15) is 23.7 Å². The predicted molar refractivity (Wildman–Crippen MR) is 123 cm³/mol. The molecule has 0 aliphatic rings. The maximum absolute atomic E-state index is 12.7. The number of amides is 1. The first kappa shape index (κ1) is 23.4. The van der Waals surface area contributed by atoms with E-state index in [0.717, 1.165) is 5.56 Å². The minimum absolute atomic E-state index is 0.00779. The number of aryl methyl sites for hydroxylation is 1. The number of aromatic nitrogens is 2. The second kappa shape index (κ2) is 10.00. The van der Waals surface area contributed by atoms with Gasteiger partial charge in [0.25, 0.3) is 11.6 Å². The van der Waals surface area contributed by atoms with Gasteiger partial charge in [0.05, 0.1) is 22.4 Å². The van der Waals surface area contributed by atoms with Gasteiger partial charge in [-0.2, -0.15) is 13.9 Å². The van der Waals surface area contributed by atoms with E-state index in [1.165, 1.54) is 48.5 Å². The zero-order valence-electron chi connectivity index (χ0n) is 18.2. The van der Waals surface area contributed by atoms with Gasteiger partial charge in [0.15, 0.2) is 0 Å². The third-order valence-electron chi connectivity index (χ3n) is 4.81. The van der Waals surface area contributed by atoms with E-state index in [0.29, 0.717) is 17.0 Å². The number of nitro benzene ring substituents is 1. The van der Waals surface area contributed by atoms with Crippen molar-refractivity contribution in [2.75, 3.05) is 5.32 Å². The van der Waals surface area contributed by atoms with Gasteiger partial charge < -0.3 is 14.8 Å². The first-order valence-corrected chi connectivity index (χ1v) is 10.2. The molecule has 11 heteroatoms. The van der Waals surface area contributed by atoms with Gasteiger partial charge in [-0.3, -0.25) is 20.0 Å². The summed E-state index contributed by atoms with van der Waals surface area (Å²) >= 11 is 0. The van der Waals surface area contributed by atoms with Crippen LogP contribution in [0.25, 0.3) is 11.3 Å². The number of halogens is 2. The molecule has 3 aromatic carbocycles. The van der Waals surface area contributed by atoms with Crippen molar-refractivity contribution in [2.45, 2.75) is 13.5 Å². The minimum atomic E-state index is -2.93. The molecule has 4 rings (SSSR count). The fourth-order valence-corrected chi connectivity index (χ4v) is 3.15. The number of hydrogen-bond donors (Lipinski definition) is 2.